The first-order chi connectivity index (χ1) is 40.0. The molecule has 7 N–H and O–H groups in total. The number of nitrogens with two attached hydrogens (primary N) is 2. The number of hydrogen-bond donors (Lipinski definition) is 3. The number of benzene rings is 8. The van der Waals surface area contributed by atoms with Gasteiger partial charge in [-0.3, -0.25) is 9.19 Å². The Morgan fingerprint density at radius 3 is 1.45 bits per heavy atom. The molecule has 3 aliphatic heterocycles. The second-order valence-electron chi connectivity index (χ2n) is 20.7. The molecule has 1 unspecified atom stereocenters. The summed E-state index contributed by atoms with van der Waals surface area (Å²) in [4.78, 5) is 4.90. The Kier molecular flexibility index (Phi) is 16.2. The quantitative estimate of drug-likeness (QED) is 0.0790. The van der Waals surface area contributed by atoms with E-state index in [0.717, 1.165) is 79.3 Å². The molecule has 0 fully saturated rings. The lowest BCUT2D eigenvalue weighted by atomic mass is 9.89. The van der Waals surface area contributed by atoms with Crippen LogP contribution in [0, 0.1) is 63.7 Å². The average molecular weight is 1180 g/mol. The van der Waals surface area contributed by atoms with E-state index in [1.54, 1.807) is 48.5 Å². The third-order valence-corrected chi connectivity index (χ3v) is 16.4. The summed E-state index contributed by atoms with van der Waals surface area (Å²) in [5.41, 5.74) is 20.2. The molecule has 12 rings (SSSR count). The van der Waals surface area contributed by atoms with E-state index in [9.17, 15) is 49.0 Å². The lowest BCUT2D eigenvalue weighted by molar-refractivity contribution is -0.438. The number of fused-ring (bicyclic) bond motifs is 9. The Labute approximate surface area is 477 Å². The van der Waals surface area contributed by atoms with E-state index in [-0.39, 0.29) is 24.2 Å². The van der Waals surface area contributed by atoms with Crippen LogP contribution < -0.4 is 40.9 Å². The number of nitriles is 1. The second kappa shape index (κ2) is 23.2. The minimum atomic E-state index is -2.52. The van der Waals surface area contributed by atoms with Crippen molar-refractivity contribution < 1.29 is 74.6 Å². The van der Waals surface area contributed by atoms with Gasteiger partial charge in [0, 0.05) is 83.0 Å². The maximum absolute atomic E-state index is 14.3. The zero-order valence-electron chi connectivity index (χ0n) is 45.4. The van der Waals surface area contributed by atoms with Crippen molar-refractivity contribution in [1.82, 2.24) is 4.98 Å². The number of quaternary nitrogens is 1. The summed E-state index contributed by atoms with van der Waals surface area (Å²) < 4.78 is 164. The number of rotatable bonds is 7. The summed E-state index contributed by atoms with van der Waals surface area (Å²) in [6.07, 6.45) is 2.65. The molecular formula is C63H55F9N5O6S+. The fourth-order valence-electron chi connectivity index (χ4n) is 10.9. The summed E-state index contributed by atoms with van der Waals surface area (Å²) in [6, 6.07) is 23.9. The Hall–Kier alpha value is -8.55. The first-order valence-electron chi connectivity index (χ1n) is 26.2. The summed E-state index contributed by atoms with van der Waals surface area (Å²) in [5.74, 6) is -3.72. The smallest absolute Gasteiger partial charge is 0.178 e. The highest BCUT2D eigenvalue weighted by Gasteiger charge is 2.37. The molecule has 436 valence electrons. The molecule has 8 aromatic carbocycles. The molecule has 0 saturated heterocycles. The maximum Gasteiger partial charge on any atom is 0.178 e. The van der Waals surface area contributed by atoms with E-state index in [2.05, 4.69) is 22.7 Å². The van der Waals surface area contributed by atoms with E-state index >= 15 is 0 Å². The van der Waals surface area contributed by atoms with Crippen molar-refractivity contribution in [3.8, 4) is 34.8 Å². The Morgan fingerprint density at radius 2 is 1.00 bits per heavy atom. The van der Waals surface area contributed by atoms with Gasteiger partial charge in [-0.15, -0.1) is 0 Å². The van der Waals surface area contributed by atoms with Gasteiger partial charge in [-0.1, -0.05) is 19.1 Å². The van der Waals surface area contributed by atoms with Gasteiger partial charge in [-0.25, -0.2) is 39.5 Å². The van der Waals surface area contributed by atoms with Crippen LogP contribution in [-0.2, 0) is 35.2 Å². The summed E-state index contributed by atoms with van der Waals surface area (Å²) >= 11 is 0. The average Bonchev–Trinajstić information content (AvgIpc) is 2.43. The van der Waals surface area contributed by atoms with Gasteiger partial charge in [-0.2, -0.15) is 5.26 Å². The number of halogens is 9. The van der Waals surface area contributed by atoms with Gasteiger partial charge in [0.25, 0.3) is 0 Å². The predicted octanol–water partition coefficient (Wildman–Crippen LogP) is 11.9. The lowest BCUT2D eigenvalue weighted by Crippen LogP contribution is -2.66. The molecule has 0 bridgehead atoms. The molecule has 0 amide bonds. The van der Waals surface area contributed by atoms with Crippen molar-refractivity contribution in [2.75, 3.05) is 20.5 Å². The Morgan fingerprint density at radius 1 is 0.595 bits per heavy atom. The molecule has 9 aromatic rings. The number of ether oxygens (including phenoxy) is 5. The molecule has 0 spiro atoms. The second-order valence-corrected chi connectivity index (χ2v) is 23.1. The summed E-state index contributed by atoms with van der Waals surface area (Å²) in [5, 5.41) is 14.5. The third-order valence-electron chi connectivity index (χ3n) is 15.1. The molecule has 4 heterocycles. The SMILES string of the molecule is C=S(C)(=O)c1cc2ccc3c(c2cc1OC)C[C@H](N)[C@@H](c1cc(F)c(F)cc1F)O3.CCc1cc2c3c(ccc2cn1)O[C@H](c1cc(F)c(F)cc1F)[C@@H]([NH3+])C3.COc1cc2c3c(ccc2cc1C#N)O[C@H](c1cc(F)c(F)cc1F)[C@@H](N)C3.[HH]. The molecule has 1 aromatic heterocycles. The molecule has 84 heavy (non-hydrogen) atoms. The van der Waals surface area contributed by atoms with E-state index in [0.29, 0.717) is 76.7 Å². The number of aromatic nitrogens is 1. The highest BCUT2D eigenvalue weighted by Crippen LogP contribution is 2.44. The normalized spacial score (nSPS) is 19.3. The fraction of sp³-hybridized carbons (Fsp3) is 0.222. The van der Waals surface area contributed by atoms with Crippen LogP contribution >= 0.6 is 0 Å². The lowest BCUT2D eigenvalue weighted by Gasteiger charge is -2.32. The first kappa shape index (κ1) is 58.6. The molecule has 11 nitrogen and oxygen atoms in total. The van der Waals surface area contributed by atoms with Crippen LogP contribution in [0.5, 0.6) is 28.7 Å². The van der Waals surface area contributed by atoms with Crippen LogP contribution in [0.4, 0.5) is 39.5 Å². The maximum atomic E-state index is 14.3. The highest BCUT2D eigenvalue weighted by molar-refractivity contribution is 7.99. The van der Waals surface area contributed by atoms with Gasteiger partial charge >= 0.3 is 0 Å². The number of hydrogen-bond acceptors (Lipinski definition) is 10. The van der Waals surface area contributed by atoms with Crippen molar-refractivity contribution in [2.24, 2.45) is 11.5 Å². The van der Waals surface area contributed by atoms with Crippen LogP contribution in [0.15, 0.2) is 114 Å². The van der Waals surface area contributed by atoms with Crippen molar-refractivity contribution in [1.29, 1.82) is 5.26 Å². The molecule has 0 aliphatic carbocycles. The van der Waals surface area contributed by atoms with Crippen LogP contribution in [0.25, 0.3) is 32.3 Å². The number of pyridine rings is 1. The monoisotopic (exact) mass is 1180 g/mol. The largest absolute Gasteiger partial charge is 0.495 e. The summed E-state index contributed by atoms with van der Waals surface area (Å²) in [7, 11) is 0.440. The van der Waals surface area contributed by atoms with E-state index in [1.165, 1.54) is 20.5 Å². The van der Waals surface area contributed by atoms with Gasteiger partial charge in [-0.05, 0) is 134 Å². The van der Waals surface area contributed by atoms with E-state index in [4.69, 9.17) is 35.2 Å². The van der Waals surface area contributed by atoms with Gasteiger partial charge in [0.2, 0.25) is 0 Å². The van der Waals surface area contributed by atoms with E-state index in [1.807, 2.05) is 31.3 Å². The van der Waals surface area contributed by atoms with Crippen molar-refractivity contribution in [3.05, 3.63) is 206 Å². The van der Waals surface area contributed by atoms with Crippen LogP contribution in [0.2, 0.25) is 0 Å². The van der Waals surface area contributed by atoms with Crippen molar-refractivity contribution >= 4 is 47.7 Å². The van der Waals surface area contributed by atoms with Crippen LogP contribution in [-0.4, -0.2) is 53.7 Å². The Balaban J connectivity index is 0.000000152. The zero-order chi connectivity index (χ0) is 60.2. The zero-order valence-corrected chi connectivity index (χ0v) is 46.2. The van der Waals surface area contributed by atoms with Crippen molar-refractivity contribution in [3.63, 3.8) is 0 Å². The van der Waals surface area contributed by atoms with Gasteiger partial charge < -0.3 is 40.9 Å². The molecular weight excluding hydrogens is 1130 g/mol. The number of methoxy groups -OCH3 is 2. The van der Waals surface area contributed by atoms with E-state index < -0.39 is 92.3 Å². The van der Waals surface area contributed by atoms with Crippen molar-refractivity contribution in [2.45, 2.75) is 73.9 Å². The molecule has 21 heteroatoms. The minimum Gasteiger partial charge on any atom is -0.495 e. The van der Waals surface area contributed by atoms with Gasteiger partial charge in [0.05, 0.1) is 36.8 Å². The van der Waals surface area contributed by atoms with Crippen LogP contribution in [0.1, 0.15) is 71.3 Å². The highest BCUT2D eigenvalue weighted by atomic mass is 32.2. The molecule has 7 atom stereocenters. The predicted molar refractivity (Wildman–Crippen MR) is 301 cm³/mol. The Bertz CT molecular complexity index is 4290. The fourth-order valence-corrected chi connectivity index (χ4v) is 11.8. The standard InChI is InChI=1S/C22H20F3NO3S.C21H15F3N2O2.C20H17F3N2O.H2/c1-28-20-9-12-11(6-21(20)30(2,3)27)4-5-19-13(12)8-18(26)22(29-19)14-7-16(24)17(25)10-15(14)23;1-27-20-7-12-10(4-11(20)9-25)2-3-19-13(12)6-18(26)21(28-19)14-5-16(23)17(24)8-15(14)22;1-2-11-5-12-10(9-25-11)3-4-19-13(12)7-18(24)20(26-19)14-6-16(22)17(23)8-15(14)21;/h4-7,9-10,18,22H,2,8,26H2,1,3H3;2-5,7-8,18,21H,6,26H2,1H3;3-6,8-9,18,20H,2,7,24H2,1H3;1H/p+1/t18-,22+,30?;18-,21+;18-,20+;/m000./s1. The molecule has 0 saturated carbocycles. The number of aryl methyl sites for hydroxylation is 1. The summed E-state index contributed by atoms with van der Waals surface area (Å²) in [6.45, 7) is 2.03. The first-order valence-corrected chi connectivity index (χ1v) is 28.3. The number of nitrogens with zero attached hydrogens (tertiary/aromatic N) is 2. The van der Waals surface area contributed by atoms with Gasteiger partial charge in [0.15, 0.2) is 41.0 Å². The topological polar surface area (TPSA) is 180 Å². The molecule has 3 aliphatic rings. The van der Waals surface area contributed by atoms with Crippen LogP contribution in [0.3, 0.4) is 0 Å². The molecule has 0 radical (unpaired) electrons. The third kappa shape index (κ3) is 11.2. The van der Waals surface area contributed by atoms with Gasteiger partial charge in [0.1, 0.15) is 70.5 Å². The minimum absolute atomic E-state index is 0.